The van der Waals surface area contributed by atoms with Gasteiger partial charge in [-0.05, 0) is 46.6 Å². The van der Waals surface area contributed by atoms with Gasteiger partial charge in [0.1, 0.15) is 4.60 Å². The molecule has 4 heteroatoms. The second-order valence-electron chi connectivity index (χ2n) is 3.82. The maximum absolute atomic E-state index is 5.88. The van der Waals surface area contributed by atoms with Gasteiger partial charge in [-0.15, -0.1) is 0 Å². The Morgan fingerprint density at radius 2 is 2.00 bits per heavy atom. The highest BCUT2D eigenvalue weighted by Crippen LogP contribution is 2.18. The molecule has 1 aromatic carbocycles. The number of anilines is 2. The van der Waals surface area contributed by atoms with E-state index in [4.69, 9.17) is 5.73 Å². The molecule has 0 aliphatic rings. The molecule has 2 aromatic rings. The molecule has 0 aliphatic carbocycles. The van der Waals surface area contributed by atoms with E-state index in [0.29, 0.717) is 6.54 Å². The van der Waals surface area contributed by atoms with Gasteiger partial charge in [-0.25, -0.2) is 4.98 Å². The first-order valence-electron chi connectivity index (χ1n) is 5.37. The molecule has 3 nitrogen and oxygen atoms in total. The molecule has 88 valence electrons. The van der Waals surface area contributed by atoms with Crippen LogP contribution in [0.1, 0.15) is 11.3 Å². The number of aromatic nitrogens is 1. The minimum atomic E-state index is 0.705. The second-order valence-corrected chi connectivity index (χ2v) is 4.63. The monoisotopic (exact) mass is 291 g/mol. The van der Waals surface area contributed by atoms with E-state index < -0.39 is 0 Å². The van der Waals surface area contributed by atoms with Crippen molar-refractivity contribution < 1.29 is 0 Å². The van der Waals surface area contributed by atoms with Gasteiger partial charge in [0.05, 0.1) is 11.4 Å². The van der Waals surface area contributed by atoms with Crippen LogP contribution in [0.2, 0.25) is 0 Å². The molecule has 0 saturated heterocycles. The van der Waals surface area contributed by atoms with Crippen LogP contribution in [0, 0.1) is 6.92 Å². The number of nitrogens with one attached hydrogen (secondary N) is 1. The number of rotatable bonds is 3. The SMILES string of the molecule is Cc1nc(Br)ccc1NCc1ccccc1N. The molecule has 0 fully saturated rings. The van der Waals surface area contributed by atoms with Crippen LogP contribution in [-0.2, 0) is 6.54 Å². The van der Waals surface area contributed by atoms with Gasteiger partial charge < -0.3 is 11.1 Å². The Morgan fingerprint density at radius 1 is 1.24 bits per heavy atom. The quantitative estimate of drug-likeness (QED) is 0.674. The van der Waals surface area contributed by atoms with Crippen molar-refractivity contribution in [3.05, 3.63) is 52.3 Å². The number of para-hydroxylation sites is 1. The van der Waals surface area contributed by atoms with Crippen molar-refractivity contribution in [3.63, 3.8) is 0 Å². The summed E-state index contributed by atoms with van der Waals surface area (Å²) in [6.45, 7) is 2.68. The van der Waals surface area contributed by atoms with Crippen molar-refractivity contribution in [3.8, 4) is 0 Å². The fraction of sp³-hybridized carbons (Fsp3) is 0.154. The first-order chi connectivity index (χ1) is 8.16. The van der Waals surface area contributed by atoms with E-state index in [1.165, 1.54) is 0 Å². The van der Waals surface area contributed by atoms with E-state index in [0.717, 1.165) is 27.2 Å². The number of nitrogens with zero attached hydrogens (tertiary/aromatic N) is 1. The molecular formula is C13H14BrN3. The Hall–Kier alpha value is -1.55. The molecule has 0 spiro atoms. The van der Waals surface area contributed by atoms with E-state index in [2.05, 4.69) is 26.2 Å². The zero-order chi connectivity index (χ0) is 12.3. The lowest BCUT2D eigenvalue weighted by atomic mass is 10.2. The molecule has 3 N–H and O–H groups in total. The average molecular weight is 292 g/mol. The summed E-state index contributed by atoms with van der Waals surface area (Å²) in [5.74, 6) is 0. The largest absolute Gasteiger partial charge is 0.398 e. The number of nitrogen functional groups attached to an aromatic ring is 1. The molecule has 0 unspecified atom stereocenters. The normalized spacial score (nSPS) is 10.2. The molecule has 1 aromatic heterocycles. The molecule has 0 bridgehead atoms. The van der Waals surface area contributed by atoms with E-state index >= 15 is 0 Å². The third kappa shape index (κ3) is 2.97. The summed E-state index contributed by atoms with van der Waals surface area (Å²) in [5.41, 5.74) is 9.78. The summed E-state index contributed by atoms with van der Waals surface area (Å²) in [7, 11) is 0. The Kier molecular flexibility index (Phi) is 3.64. The van der Waals surface area contributed by atoms with Crippen molar-refractivity contribution in [2.75, 3.05) is 11.1 Å². The summed E-state index contributed by atoms with van der Waals surface area (Å²) in [4.78, 5) is 4.33. The number of benzene rings is 1. The predicted molar refractivity (Wildman–Crippen MR) is 74.9 cm³/mol. The number of aryl methyl sites for hydroxylation is 1. The summed E-state index contributed by atoms with van der Waals surface area (Å²) < 4.78 is 0.847. The van der Waals surface area contributed by atoms with Crippen LogP contribution >= 0.6 is 15.9 Å². The Labute approximate surface area is 109 Å². The first kappa shape index (κ1) is 11.9. The van der Waals surface area contributed by atoms with Crippen LogP contribution in [0.5, 0.6) is 0 Å². The van der Waals surface area contributed by atoms with Crippen molar-refractivity contribution in [2.45, 2.75) is 13.5 Å². The van der Waals surface area contributed by atoms with E-state index in [9.17, 15) is 0 Å². The number of nitrogens with two attached hydrogens (primary N) is 1. The van der Waals surface area contributed by atoms with Crippen molar-refractivity contribution in [1.29, 1.82) is 0 Å². The summed E-state index contributed by atoms with van der Waals surface area (Å²) in [6, 6.07) is 11.8. The number of halogens is 1. The van der Waals surface area contributed by atoms with Crippen molar-refractivity contribution >= 4 is 27.3 Å². The number of hydrogen-bond donors (Lipinski definition) is 2. The lowest BCUT2D eigenvalue weighted by molar-refractivity contribution is 1.10. The fourth-order valence-corrected chi connectivity index (χ4v) is 2.00. The van der Waals surface area contributed by atoms with Gasteiger partial charge in [-0.3, -0.25) is 0 Å². The van der Waals surface area contributed by atoms with Gasteiger partial charge in [0.15, 0.2) is 0 Å². The first-order valence-corrected chi connectivity index (χ1v) is 6.16. The van der Waals surface area contributed by atoms with Gasteiger partial charge in [0.2, 0.25) is 0 Å². The zero-order valence-electron chi connectivity index (χ0n) is 9.57. The lowest BCUT2D eigenvalue weighted by Crippen LogP contribution is -2.04. The fourth-order valence-electron chi connectivity index (χ4n) is 1.60. The maximum Gasteiger partial charge on any atom is 0.106 e. The second kappa shape index (κ2) is 5.19. The molecule has 1 heterocycles. The molecule has 0 aliphatic heterocycles. The number of pyridine rings is 1. The van der Waals surface area contributed by atoms with Crippen molar-refractivity contribution in [1.82, 2.24) is 4.98 Å². The third-order valence-electron chi connectivity index (χ3n) is 2.58. The van der Waals surface area contributed by atoms with Gasteiger partial charge in [0, 0.05) is 12.2 Å². The van der Waals surface area contributed by atoms with Crippen LogP contribution in [0.15, 0.2) is 41.0 Å². The van der Waals surface area contributed by atoms with E-state index in [1.54, 1.807) is 0 Å². The van der Waals surface area contributed by atoms with Gasteiger partial charge in [-0.2, -0.15) is 0 Å². The molecular weight excluding hydrogens is 278 g/mol. The highest BCUT2D eigenvalue weighted by molar-refractivity contribution is 9.10. The maximum atomic E-state index is 5.88. The minimum absolute atomic E-state index is 0.705. The standard InChI is InChI=1S/C13H14BrN3/c1-9-12(6-7-13(14)17-9)16-8-10-4-2-3-5-11(10)15/h2-7,16H,8,15H2,1H3. The van der Waals surface area contributed by atoms with Crippen LogP contribution < -0.4 is 11.1 Å². The topological polar surface area (TPSA) is 50.9 Å². The summed E-state index contributed by atoms with van der Waals surface area (Å²) in [6.07, 6.45) is 0. The summed E-state index contributed by atoms with van der Waals surface area (Å²) >= 11 is 3.35. The van der Waals surface area contributed by atoms with Crippen LogP contribution in [0.3, 0.4) is 0 Å². The molecule has 2 rings (SSSR count). The van der Waals surface area contributed by atoms with Gasteiger partial charge in [-0.1, -0.05) is 18.2 Å². The van der Waals surface area contributed by atoms with Gasteiger partial charge >= 0.3 is 0 Å². The molecule has 0 amide bonds. The molecule has 0 saturated carbocycles. The van der Waals surface area contributed by atoms with E-state index in [1.807, 2.05) is 43.3 Å². The average Bonchev–Trinajstić information content (AvgIpc) is 2.30. The smallest absolute Gasteiger partial charge is 0.106 e. The third-order valence-corrected chi connectivity index (χ3v) is 3.02. The van der Waals surface area contributed by atoms with Crippen LogP contribution in [-0.4, -0.2) is 4.98 Å². The Balaban J connectivity index is 2.10. The number of hydrogen-bond acceptors (Lipinski definition) is 3. The lowest BCUT2D eigenvalue weighted by Gasteiger charge is -2.10. The van der Waals surface area contributed by atoms with Crippen LogP contribution in [0.4, 0.5) is 11.4 Å². The minimum Gasteiger partial charge on any atom is -0.398 e. The molecule has 0 atom stereocenters. The zero-order valence-corrected chi connectivity index (χ0v) is 11.2. The molecule has 17 heavy (non-hydrogen) atoms. The molecule has 0 radical (unpaired) electrons. The Morgan fingerprint density at radius 3 is 2.71 bits per heavy atom. The predicted octanol–water partition coefficient (Wildman–Crippen LogP) is 3.35. The van der Waals surface area contributed by atoms with Crippen molar-refractivity contribution in [2.24, 2.45) is 0 Å². The van der Waals surface area contributed by atoms with Gasteiger partial charge in [0.25, 0.3) is 0 Å². The van der Waals surface area contributed by atoms with Crippen LogP contribution in [0.25, 0.3) is 0 Å². The van der Waals surface area contributed by atoms with E-state index in [-0.39, 0.29) is 0 Å². The highest BCUT2D eigenvalue weighted by atomic mass is 79.9. The Bertz CT molecular complexity index is 526. The highest BCUT2D eigenvalue weighted by Gasteiger charge is 2.01. The summed E-state index contributed by atoms with van der Waals surface area (Å²) in [5, 5.41) is 3.33.